The van der Waals surface area contributed by atoms with Crippen molar-refractivity contribution < 1.29 is 22.7 Å². The number of rotatable bonds is 4. The van der Waals surface area contributed by atoms with E-state index >= 15 is 0 Å². The predicted molar refractivity (Wildman–Crippen MR) is 103 cm³/mol. The van der Waals surface area contributed by atoms with Crippen molar-refractivity contribution in [1.82, 2.24) is 15.1 Å². The van der Waals surface area contributed by atoms with Crippen LogP contribution in [0, 0.1) is 5.92 Å². The van der Waals surface area contributed by atoms with Crippen LogP contribution in [-0.2, 0) is 4.79 Å². The number of carbonyl (C=O) groups excluding carboxylic acids is 1. The molecule has 3 rings (SSSR count). The highest BCUT2D eigenvalue weighted by Crippen LogP contribution is 2.34. The summed E-state index contributed by atoms with van der Waals surface area (Å²) in [4.78, 5) is 16.1. The first kappa shape index (κ1) is 22.8. The van der Waals surface area contributed by atoms with Crippen molar-refractivity contribution in [3.8, 4) is 5.75 Å². The number of likely N-dealkylation sites (tertiary alicyclic amines) is 1. The molecule has 0 aliphatic carbocycles. The number of piperazine rings is 1. The summed E-state index contributed by atoms with van der Waals surface area (Å²) in [6.45, 7) is 2.35. The van der Waals surface area contributed by atoms with Crippen LogP contribution in [0.3, 0.4) is 0 Å². The van der Waals surface area contributed by atoms with E-state index < -0.39 is 12.1 Å². The number of methoxy groups -OCH3 is 1. The molecule has 9 heteroatoms. The van der Waals surface area contributed by atoms with Crippen LogP contribution in [0.15, 0.2) is 24.3 Å². The molecule has 1 N–H and O–H groups in total. The summed E-state index contributed by atoms with van der Waals surface area (Å²) in [6.07, 6.45) is -3.74. The minimum absolute atomic E-state index is 0. The van der Waals surface area contributed by atoms with Crippen LogP contribution in [0.2, 0.25) is 0 Å². The Morgan fingerprint density at radius 2 is 2.04 bits per heavy atom. The quantitative estimate of drug-likeness (QED) is 0.812. The molecule has 2 aliphatic rings. The monoisotopic (exact) mass is 421 g/mol. The Morgan fingerprint density at radius 3 is 2.75 bits per heavy atom. The maximum absolute atomic E-state index is 13.0. The molecule has 1 aromatic carbocycles. The number of hydrogen-bond acceptors (Lipinski definition) is 4. The standard InChI is InChI=1S/C19H26F3N3O2.ClH/c1-27-17-7-3-2-6-15(17)16-11-23-8-10-24(16)13-18(26)25-9-4-5-14(12-25)19(20,21)22;/h2-3,6-7,14,16,23H,4-5,8-13H2,1H3;1H. The van der Waals surface area contributed by atoms with Crippen molar-refractivity contribution in [2.24, 2.45) is 5.92 Å². The van der Waals surface area contributed by atoms with E-state index in [0.717, 1.165) is 17.9 Å². The molecule has 1 amide bonds. The molecule has 5 nitrogen and oxygen atoms in total. The SMILES string of the molecule is COc1ccccc1C1CNCCN1CC(=O)N1CCCC(C(F)(F)F)C1.Cl. The van der Waals surface area contributed by atoms with Crippen LogP contribution in [0.25, 0.3) is 0 Å². The van der Waals surface area contributed by atoms with Gasteiger partial charge in [-0.2, -0.15) is 13.2 Å². The topological polar surface area (TPSA) is 44.8 Å². The Kier molecular flexibility index (Phi) is 7.97. The maximum atomic E-state index is 13.0. The second kappa shape index (κ2) is 9.80. The molecule has 1 aromatic rings. The number of halogens is 4. The van der Waals surface area contributed by atoms with Gasteiger partial charge in [0.15, 0.2) is 0 Å². The number of carbonyl (C=O) groups is 1. The second-order valence-electron chi connectivity index (χ2n) is 7.15. The number of nitrogens with one attached hydrogen (secondary N) is 1. The van der Waals surface area contributed by atoms with E-state index in [1.54, 1.807) is 7.11 Å². The van der Waals surface area contributed by atoms with Crippen LogP contribution in [0.4, 0.5) is 13.2 Å². The Balaban J connectivity index is 0.00000280. The van der Waals surface area contributed by atoms with Gasteiger partial charge < -0.3 is 15.0 Å². The number of nitrogens with zero attached hydrogens (tertiary/aromatic N) is 2. The molecule has 2 unspecified atom stereocenters. The van der Waals surface area contributed by atoms with E-state index in [1.807, 2.05) is 29.2 Å². The summed E-state index contributed by atoms with van der Waals surface area (Å²) in [6, 6.07) is 7.60. The van der Waals surface area contributed by atoms with E-state index in [4.69, 9.17) is 4.74 Å². The van der Waals surface area contributed by atoms with Gasteiger partial charge >= 0.3 is 6.18 Å². The highest BCUT2D eigenvalue weighted by atomic mass is 35.5. The average Bonchev–Trinajstić information content (AvgIpc) is 2.68. The van der Waals surface area contributed by atoms with Crippen molar-refractivity contribution in [2.45, 2.75) is 25.1 Å². The zero-order chi connectivity index (χ0) is 19.4. The third kappa shape index (κ3) is 5.30. The number of alkyl halides is 3. The van der Waals surface area contributed by atoms with Crippen molar-refractivity contribution in [2.75, 3.05) is 46.4 Å². The first-order valence-electron chi connectivity index (χ1n) is 9.32. The van der Waals surface area contributed by atoms with Crippen molar-refractivity contribution >= 4 is 18.3 Å². The van der Waals surface area contributed by atoms with Gasteiger partial charge in [-0.25, -0.2) is 0 Å². The molecule has 0 aromatic heterocycles. The molecule has 0 saturated carbocycles. The van der Waals surface area contributed by atoms with Crippen LogP contribution in [0.5, 0.6) is 5.75 Å². The lowest BCUT2D eigenvalue weighted by molar-refractivity contribution is -0.188. The summed E-state index contributed by atoms with van der Waals surface area (Å²) in [5, 5.41) is 3.32. The third-order valence-corrected chi connectivity index (χ3v) is 5.43. The summed E-state index contributed by atoms with van der Waals surface area (Å²) >= 11 is 0. The highest BCUT2D eigenvalue weighted by molar-refractivity contribution is 5.85. The maximum Gasteiger partial charge on any atom is 0.393 e. The molecule has 0 radical (unpaired) electrons. The van der Waals surface area contributed by atoms with E-state index in [-0.39, 0.29) is 43.9 Å². The number of ether oxygens (including phenoxy) is 1. The van der Waals surface area contributed by atoms with Gasteiger partial charge in [0.25, 0.3) is 0 Å². The fourth-order valence-electron chi connectivity index (χ4n) is 3.93. The fraction of sp³-hybridized carbons (Fsp3) is 0.632. The summed E-state index contributed by atoms with van der Waals surface area (Å²) < 4.78 is 44.5. The first-order chi connectivity index (χ1) is 12.9. The normalized spacial score (nSPS) is 23.8. The van der Waals surface area contributed by atoms with Gasteiger partial charge in [0.2, 0.25) is 5.91 Å². The van der Waals surface area contributed by atoms with Gasteiger partial charge in [0, 0.05) is 38.3 Å². The van der Waals surface area contributed by atoms with Gasteiger partial charge in [-0.1, -0.05) is 18.2 Å². The molecule has 28 heavy (non-hydrogen) atoms. The molecular weight excluding hydrogens is 395 g/mol. The average molecular weight is 422 g/mol. The molecule has 2 saturated heterocycles. The number of benzene rings is 1. The van der Waals surface area contributed by atoms with Gasteiger partial charge in [-0.3, -0.25) is 9.69 Å². The Labute approximate surface area is 169 Å². The zero-order valence-corrected chi connectivity index (χ0v) is 16.7. The van der Waals surface area contributed by atoms with Gasteiger partial charge in [-0.05, 0) is 18.9 Å². The highest BCUT2D eigenvalue weighted by Gasteiger charge is 2.43. The van der Waals surface area contributed by atoms with Crippen LogP contribution < -0.4 is 10.1 Å². The van der Waals surface area contributed by atoms with E-state index in [1.165, 1.54) is 4.90 Å². The van der Waals surface area contributed by atoms with E-state index in [9.17, 15) is 18.0 Å². The van der Waals surface area contributed by atoms with Crippen molar-refractivity contribution in [3.05, 3.63) is 29.8 Å². The lowest BCUT2D eigenvalue weighted by Gasteiger charge is -2.39. The Hall–Kier alpha value is -1.51. The molecule has 158 valence electrons. The van der Waals surface area contributed by atoms with Crippen molar-refractivity contribution in [3.63, 3.8) is 0 Å². The number of para-hydroxylation sites is 1. The lowest BCUT2D eigenvalue weighted by Crippen LogP contribution is -2.52. The van der Waals surface area contributed by atoms with Crippen LogP contribution in [0.1, 0.15) is 24.4 Å². The Morgan fingerprint density at radius 1 is 1.29 bits per heavy atom. The van der Waals surface area contributed by atoms with Crippen LogP contribution >= 0.6 is 12.4 Å². The molecule has 0 bridgehead atoms. The molecule has 2 fully saturated rings. The smallest absolute Gasteiger partial charge is 0.393 e. The van der Waals surface area contributed by atoms with Crippen molar-refractivity contribution in [1.29, 1.82) is 0 Å². The molecule has 2 atom stereocenters. The summed E-state index contributed by atoms with van der Waals surface area (Å²) in [7, 11) is 1.61. The number of amides is 1. The van der Waals surface area contributed by atoms with Gasteiger partial charge in [0.1, 0.15) is 5.75 Å². The first-order valence-corrected chi connectivity index (χ1v) is 9.32. The molecular formula is C19H27ClF3N3O2. The van der Waals surface area contributed by atoms with Crippen LogP contribution in [-0.4, -0.2) is 68.3 Å². The third-order valence-electron chi connectivity index (χ3n) is 5.43. The summed E-state index contributed by atoms with van der Waals surface area (Å²) in [5.41, 5.74) is 0.979. The zero-order valence-electron chi connectivity index (χ0n) is 15.9. The number of hydrogen-bond donors (Lipinski definition) is 1. The molecule has 2 heterocycles. The van der Waals surface area contributed by atoms with E-state index in [2.05, 4.69) is 5.32 Å². The Bertz CT molecular complexity index is 660. The van der Waals surface area contributed by atoms with Gasteiger partial charge in [-0.15, -0.1) is 12.4 Å². The lowest BCUT2D eigenvalue weighted by atomic mass is 9.97. The number of piperidine rings is 1. The molecule has 0 spiro atoms. The second-order valence-corrected chi connectivity index (χ2v) is 7.15. The predicted octanol–water partition coefficient (Wildman–Crippen LogP) is 2.86. The fourth-order valence-corrected chi connectivity index (χ4v) is 3.93. The van der Waals surface area contributed by atoms with Gasteiger partial charge in [0.05, 0.1) is 25.6 Å². The summed E-state index contributed by atoms with van der Waals surface area (Å²) in [5.74, 6) is -0.896. The largest absolute Gasteiger partial charge is 0.496 e. The minimum Gasteiger partial charge on any atom is -0.496 e. The minimum atomic E-state index is -4.24. The molecule has 2 aliphatic heterocycles. The van der Waals surface area contributed by atoms with E-state index in [0.29, 0.717) is 26.1 Å².